The summed E-state index contributed by atoms with van der Waals surface area (Å²) in [7, 11) is 0. The van der Waals surface area contributed by atoms with Crippen molar-refractivity contribution >= 4 is 5.91 Å². The number of carbonyl (C=O) groups excluding carboxylic acids is 1. The first kappa shape index (κ1) is 10.0. The van der Waals surface area contributed by atoms with Crippen LogP contribution in [0.25, 0.3) is 0 Å². The van der Waals surface area contributed by atoms with E-state index in [1.807, 2.05) is 32.6 Å². The lowest BCUT2D eigenvalue weighted by Crippen LogP contribution is -2.46. The van der Waals surface area contributed by atoms with Gasteiger partial charge in [-0.25, -0.2) is 0 Å². The second-order valence-corrected chi connectivity index (χ2v) is 4.61. The topological polar surface area (TPSA) is 44.1 Å². The third-order valence-corrected chi connectivity index (χ3v) is 2.54. The summed E-state index contributed by atoms with van der Waals surface area (Å²) >= 11 is 0. The highest BCUT2D eigenvalue weighted by molar-refractivity contribution is 5.80. The third-order valence-electron chi connectivity index (χ3n) is 2.54. The highest BCUT2D eigenvalue weighted by Crippen LogP contribution is 2.31. The number of rotatable bonds is 0. The van der Waals surface area contributed by atoms with Gasteiger partial charge in [-0.3, -0.25) is 4.79 Å². The fraction of sp³-hybridized carbons (Fsp3) is 0.800. The van der Waals surface area contributed by atoms with Crippen LogP contribution in [0, 0.1) is 17.2 Å². The predicted octanol–water partition coefficient (Wildman–Crippen LogP) is 1.55. The van der Waals surface area contributed by atoms with Crippen LogP contribution in [0.2, 0.25) is 0 Å². The van der Waals surface area contributed by atoms with Gasteiger partial charge in [0.2, 0.25) is 5.91 Å². The molecular weight excluding hydrogens is 164 g/mol. The Labute approximate surface area is 79.3 Å². The summed E-state index contributed by atoms with van der Waals surface area (Å²) in [5, 5.41) is 8.81. The molecule has 72 valence electrons. The highest BCUT2D eigenvalue weighted by atomic mass is 16.2. The zero-order valence-corrected chi connectivity index (χ0v) is 8.66. The average Bonchev–Trinajstić information content (AvgIpc) is 2.24. The Morgan fingerprint density at radius 1 is 1.54 bits per heavy atom. The smallest absolute Gasteiger partial charge is 0.224 e. The van der Waals surface area contributed by atoms with Gasteiger partial charge in [-0.1, -0.05) is 0 Å². The molecule has 0 radical (unpaired) electrons. The maximum absolute atomic E-state index is 11.6. The van der Waals surface area contributed by atoms with Gasteiger partial charge in [0.25, 0.3) is 0 Å². The number of amides is 1. The van der Waals surface area contributed by atoms with E-state index >= 15 is 0 Å². The lowest BCUT2D eigenvalue weighted by atomic mass is 10.0. The molecule has 0 aromatic rings. The second-order valence-electron chi connectivity index (χ2n) is 4.61. The van der Waals surface area contributed by atoms with Crippen LogP contribution in [0.5, 0.6) is 0 Å². The number of likely N-dealkylation sites (tertiary alicyclic amines) is 1. The molecule has 0 saturated carbocycles. The quantitative estimate of drug-likeness (QED) is 0.567. The summed E-state index contributed by atoms with van der Waals surface area (Å²) in [6, 6.07) is 2.24. The summed E-state index contributed by atoms with van der Waals surface area (Å²) < 4.78 is 0. The van der Waals surface area contributed by atoms with E-state index < -0.39 is 0 Å². The highest BCUT2D eigenvalue weighted by Gasteiger charge is 2.42. The van der Waals surface area contributed by atoms with Gasteiger partial charge in [-0.2, -0.15) is 5.26 Å². The van der Waals surface area contributed by atoms with E-state index in [1.165, 1.54) is 0 Å². The van der Waals surface area contributed by atoms with Crippen LogP contribution in [0.1, 0.15) is 34.1 Å². The molecule has 0 aliphatic carbocycles. The minimum atomic E-state index is -0.165. The van der Waals surface area contributed by atoms with Gasteiger partial charge < -0.3 is 4.90 Å². The van der Waals surface area contributed by atoms with Gasteiger partial charge in [0.1, 0.15) is 0 Å². The molecule has 1 rings (SSSR count). The molecule has 0 N–H and O–H groups in total. The summed E-state index contributed by atoms with van der Waals surface area (Å²) in [4.78, 5) is 13.4. The van der Waals surface area contributed by atoms with E-state index in [2.05, 4.69) is 6.07 Å². The summed E-state index contributed by atoms with van der Waals surface area (Å²) in [5.74, 6) is -0.0294. The van der Waals surface area contributed by atoms with E-state index in [0.717, 1.165) is 0 Å². The van der Waals surface area contributed by atoms with Crippen molar-refractivity contribution in [2.24, 2.45) is 5.92 Å². The van der Waals surface area contributed by atoms with Crippen molar-refractivity contribution in [1.29, 1.82) is 5.26 Å². The maximum Gasteiger partial charge on any atom is 0.224 e. The molecular formula is C10H16N2O. The zero-order chi connectivity index (χ0) is 10.2. The van der Waals surface area contributed by atoms with E-state index in [9.17, 15) is 4.79 Å². The van der Waals surface area contributed by atoms with Crippen LogP contribution in [-0.2, 0) is 4.79 Å². The molecule has 2 atom stereocenters. The molecule has 0 spiro atoms. The van der Waals surface area contributed by atoms with Crippen LogP contribution in [0.4, 0.5) is 0 Å². The third kappa shape index (κ3) is 1.67. The number of nitriles is 1. The van der Waals surface area contributed by atoms with Gasteiger partial charge in [0.15, 0.2) is 0 Å². The first-order valence-corrected chi connectivity index (χ1v) is 4.59. The minimum absolute atomic E-state index is 0.0532. The number of carbonyl (C=O) groups is 1. The summed E-state index contributed by atoms with van der Waals surface area (Å²) in [6.45, 7) is 7.95. The molecule has 13 heavy (non-hydrogen) atoms. The molecule has 0 bridgehead atoms. The SMILES string of the molecule is CC1C(C#N)CC(=O)N1C(C)(C)C. The maximum atomic E-state index is 11.6. The van der Waals surface area contributed by atoms with Gasteiger partial charge in [-0.05, 0) is 27.7 Å². The van der Waals surface area contributed by atoms with Crippen LogP contribution in [0.15, 0.2) is 0 Å². The van der Waals surface area contributed by atoms with E-state index in [1.54, 1.807) is 0 Å². The van der Waals surface area contributed by atoms with E-state index in [4.69, 9.17) is 5.26 Å². The van der Waals surface area contributed by atoms with Crippen LogP contribution in [0.3, 0.4) is 0 Å². The Hall–Kier alpha value is -1.04. The molecule has 1 heterocycles. The predicted molar refractivity (Wildman–Crippen MR) is 49.8 cm³/mol. The van der Waals surface area contributed by atoms with Gasteiger partial charge in [-0.15, -0.1) is 0 Å². The molecule has 3 heteroatoms. The van der Waals surface area contributed by atoms with Crippen molar-refractivity contribution in [3.8, 4) is 6.07 Å². The van der Waals surface area contributed by atoms with E-state index in [0.29, 0.717) is 6.42 Å². The van der Waals surface area contributed by atoms with Crippen LogP contribution < -0.4 is 0 Å². The van der Waals surface area contributed by atoms with Crippen LogP contribution >= 0.6 is 0 Å². The molecule has 2 unspecified atom stereocenters. The molecule has 1 amide bonds. The molecule has 0 aromatic heterocycles. The molecule has 3 nitrogen and oxygen atoms in total. The number of hydrogen-bond donors (Lipinski definition) is 0. The van der Waals surface area contributed by atoms with Crippen molar-refractivity contribution in [3.05, 3.63) is 0 Å². The zero-order valence-electron chi connectivity index (χ0n) is 8.66. The van der Waals surface area contributed by atoms with E-state index in [-0.39, 0.29) is 23.4 Å². The first-order valence-electron chi connectivity index (χ1n) is 4.59. The molecule has 0 aromatic carbocycles. The Balaban J connectivity index is 2.90. The van der Waals surface area contributed by atoms with Gasteiger partial charge in [0.05, 0.1) is 12.0 Å². The standard InChI is InChI=1S/C10H16N2O/c1-7-8(6-11)5-9(13)12(7)10(2,3)4/h7-8H,5H2,1-4H3. The van der Waals surface area contributed by atoms with Crippen molar-refractivity contribution in [2.75, 3.05) is 0 Å². The Morgan fingerprint density at radius 3 is 2.31 bits per heavy atom. The minimum Gasteiger partial charge on any atom is -0.334 e. The van der Waals surface area contributed by atoms with Crippen molar-refractivity contribution in [2.45, 2.75) is 45.7 Å². The van der Waals surface area contributed by atoms with Crippen molar-refractivity contribution in [1.82, 2.24) is 4.90 Å². The largest absolute Gasteiger partial charge is 0.334 e. The van der Waals surface area contributed by atoms with Crippen LogP contribution in [-0.4, -0.2) is 22.4 Å². The lowest BCUT2D eigenvalue weighted by molar-refractivity contribution is -0.133. The summed E-state index contributed by atoms with van der Waals surface area (Å²) in [6.07, 6.45) is 0.384. The Morgan fingerprint density at radius 2 is 2.08 bits per heavy atom. The fourth-order valence-corrected chi connectivity index (χ4v) is 2.00. The molecule has 1 aliphatic heterocycles. The fourth-order valence-electron chi connectivity index (χ4n) is 2.00. The van der Waals surface area contributed by atoms with Gasteiger partial charge in [0, 0.05) is 18.0 Å². The van der Waals surface area contributed by atoms with Crippen molar-refractivity contribution in [3.63, 3.8) is 0 Å². The van der Waals surface area contributed by atoms with Gasteiger partial charge >= 0.3 is 0 Å². The number of nitrogens with zero attached hydrogens (tertiary/aromatic N) is 2. The molecule has 1 aliphatic rings. The first-order chi connectivity index (χ1) is 5.88. The molecule has 1 fully saturated rings. The number of hydrogen-bond acceptors (Lipinski definition) is 2. The molecule has 1 saturated heterocycles. The average molecular weight is 180 g/mol. The Kier molecular flexibility index (Phi) is 2.34. The normalized spacial score (nSPS) is 29.2. The van der Waals surface area contributed by atoms with Crippen molar-refractivity contribution < 1.29 is 4.79 Å². The summed E-state index contributed by atoms with van der Waals surface area (Å²) in [5.41, 5.74) is -0.165. The lowest BCUT2D eigenvalue weighted by Gasteiger charge is -2.36. The monoisotopic (exact) mass is 180 g/mol. The Bertz CT molecular complexity index is 259. The second kappa shape index (κ2) is 3.02.